The van der Waals surface area contributed by atoms with Crippen molar-refractivity contribution < 1.29 is 13.9 Å². The van der Waals surface area contributed by atoms with E-state index in [0.717, 1.165) is 57.7 Å². The minimum Gasteiger partial charge on any atom is -0.442 e. The van der Waals surface area contributed by atoms with Gasteiger partial charge in [0.1, 0.15) is 6.07 Å². The number of carbonyl (C=O) groups is 1. The Balaban J connectivity index is 1.53. The van der Waals surface area contributed by atoms with E-state index in [1.807, 2.05) is 6.07 Å². The van der Waals surface area contributed by atoms with Gasteiger partial charge in [-0.1, -0.05) is 24.3 Å². The van der Waals surface area contributed by atoms with Crippen LogP contribution in [0.5, 0.6) is 0 Å². The van der Waals surface area contributed by atoms with Crippen LogP contribution >= 0.6 is 0 Å². The summed E-state index contributed by atoms with van der Waals surface area (Å²) in [4.78, 5) is 15.2. The van der Waals surface area contributed by atoms with Crippen LogP contribution < -0.4 is 0 Å². The number of morpholine rings is 1. The van der Waals surface area contributed by atoms with Crippen molar-refractivity contribution in [3.63, 3.8) is 0 Å². The second-order valence-corrected chi connectivity index (χ2v) is 8.05. The van der Waals surface area contributed by atoms with Gasteiger partial charge in [0.2, 0.25) is 11.5 Å². The molecule has 0 unspecified atom stereocenters. The Morgan fingerprint density at radius 2 is 2.00 bits per heavy atom. The predicted molar refractivity (Wildman–Crippen MR) is 115 cm³/mol. The number of ether oxygens (including phenoxy) is 1. The molecule has 2 heterocycles. The molecule has 5 heteroatoms. The normalized spacial score (nSPS) is 17.4. The van der Waals surface area contributed by atoms with Crippen molar-refractivity contribution in [1.82, 2.24) is 4.90 Å². The summed E-state index contributed by atoms with van der Waals surface area (Å²) in [6.45, 7) is 4.67. The Labute approximate surface area is 177 Å². The number of nitriles is 1. The molecule has 2 aromatic rings. The average molecular weight is 405 g/mol. The topological polar surface area (TPSA) is 66.5 Å². The zero-order valence-electron chi connectivity index (χ0n) is 17.4. The third-order valence-electron chi connectivity index (χ3n) is 5.97. The Morgan fingerprint density at radius 1 is 1.13 bits per heavy atom. The van der Waals surface area contributed by atoms with Gasteiger partial charge in [-0.25, -0.2) is 0 Å². The first-order chi connectivity index (χ1) is 14.7. The first-order valence-corrected chi connectivity index (χ1v) is 10.9. The summed E-state index contributed by atoms with van der Waals surface area (Å²) in [5.74, 6) is 0.341. The van der Waals surface area contributed by atoms with Gasteiger partial charge < -0.3 is 9.15 Å². The number of nitrogens with zero attached hydrogens (tertiary/aromatic N) is 2. The molecule has 1 aliphatic heterocycles. The fourth-order valence-electron chi connectivity index (χ4n) is 4.23. The molecule has 5 nitrogen and oxygen atoms in total. The van der Waals surface area contributed by atoms with Crippen molar-refractivity contribution in [2.24, 2.45) is 0 Å². The first-order valence-electron chi connectivity index (χ1n) is 10.9. The molecule has 4 rings (SSSR count). The van der Waals surface area contributed by atoms with Crippen molar-refractivity contribution in [2.45, 2.75) is 38.5 Å². The molecule has 1 aliphatic carbocycles. The van der Waals surface area contributed by atoms with Crippen molar-refractivity contribution in [3.8, 4) is 6.07 Å². The number of rotatable bonds is 7. The summed E-state index contributed by atoms with van der Waals surface area (Å²) in [6, 6.07) is 11.6. The highest BCUT2D eigenvalue weighted by atomic mass is 16.5. The molecule has 1 aromatic heterocycles. The van der Waals surface area contributed by atoms with Crippen LogP contribution in [-0.4, -0.2) is 43.5 Å². The van der Waals surface area contributed by atoms with E-state index in [2.05, 4.69) is 29.2 Å². The fraction of sp³-hybridized carbons (Fsp3) is 0.440. The maximum atomic E-state index is 12.8. The molecule has 0 spiro atoms. The number of carbonyl (C=O) groups excluding carboxylic acids is 1. The largest absolute Gasteiger partial charge is 0.442 e. The summed E-state index contributed by atoms with van der Waals surface area (Å²) in [6.07, 6.45) is 8.21. The molecule has 0 bridgehead atoms. The van der Waals surface area contributed by atoms with Gasteiger partial charge in [-0.3, -0.25) is 9.69 Å². The molecule has 1 aromatic carbocycles. The SMILES string of the molecule is N#Cc1ccc(C(=O)Cc2ccc(CCN3CCOCC3)cc2C2=CCCCC2)o1. The van der Waals surface area contributed by atoms with Crippen LogP contribution in [0.1, 0.15) is 58.7 Å². The third-order valence-corrected chi connectivity index (χ3v) is 5.97. The van der Waals surface area contributed by atoms with Crippen LogP contribution in [0.15, 0.2) is 40.8 Å². The van der Waals surface area contributed by atoms with Crippen LogP contribution in [0.3, 0.4) is 0 Å². The number of Topliss-reactive ketones (excluding diaryl/α,β-unsaturated/α-hetero) is 1. The summed E-state index contributed by atoms with van der Waals surface area (Å²) in [7, 11) is 0. The van der Waals surface area contributed by atoms with Gasteiger partial charge in [-0.2, -0.15) is 5.26 Å². The molecular formula is C25H28N2O3. The van der Waals surface area contributed by atoms with Gasteiger partial charge in [0.15, 0.2) is 5.76 Å². The molecule has 0 N–H and O–H groups in total. The zero-order chi connectivity index (χ0) is 20.8. The van der Waals surface area contributed by atoms with E-state index in [4.69, 9.17) is 14.4 Å². The molecule has 1 fully saturated rings. The highest BCUT2D eigenvalue weighted by Gasteiger charge is 2.18. The van der Waals surface area contributed by atoms with Gasteiger partial charge in [-0.15, -0.1) is 0 Å². The highest BCUT2D eigenvalue weighted by Crippen LogP contribution is 2.31. The van der Waals surface area contributed by atoms with E-state index in [1.54, 1.807) is 12.1 Å². The molecule has 30 heavy (non-hydrogen) atoms. The lowest BCUT2D eigenvalue weighted by molar-refractivity contribution is 0.0384. The van der Waals surface area contributed by atoms with Crippen LogP contribution in [0.25, 0.3) is 5.57 Å². The lowest BCUT2D eigenvalue weighted by Crippen LogP contribution is -2.37. The molecule has 1 saturated heterocycles. The van der Waals surface area contributed by atoms with Gasteiger partial charge in [0.25, 0.3) is 0 Å². The quantitative estimate of drug-likeness (QED) is 0.640. The Morgan fingerprint density at radius 3 is 2.73 bits per heavy atom. The Hall–Kier alpha value is -2.68. The molecule has 2 aliphatic rings. The van der Waals surface area contributed by atoms with Crippen LogP contribution in [-0.2, 0) is 17.6 Å². The molecule has 0 amide bonds. The standard InChI is InChI=1S/C25H28N2O3/c26-18-22-8-9-25(30-22)24(28)17-21-7-6-19(10-11-27-12-14-29-15-13-27)16-23(21)20-4-2-1-3-5-20/h4,6-9,16H,1-3,5,10-15,17H2. The van der Waals surface area contributed by atoms with Gasteiger partial charge in [0.05, 0.1) is 13.2 Å². The third kappa shape index (κ3) is 5.08. The first kappa shape index (κ1) is 20.6. The van der Waals surface area contributed by atoms with Crippen molar-refractivity contribution in [1.29, 1.82) is 5.26 Å². The molecule has 0 radical (unpaired) electrons. The van der Waals surface area contributed by atoms with E-state index in [-0.39, 0.29) is 23.7 Å². The fourth-order valence-corrected chi connectivity index (χ4v) is 4.23. The number of ketones is 1. The number of furan rings is 1. The van der Waals surface area contributed by atoms with E-state index in [1.165, 1.54) is 29.5 Å². The number of allylic oxidation sites excluding steroid dienone is 2. The summed E-state index contributed by atoms with van der Waals surface area (Å²) in [5.41, 5.74) is 4.91. The second-order valence-electron chi connectivity index (χ2n) is 8.05. The summed E-state index contributed by atoms with van der Waals surface area (Å²) in [5, 5.41) is 8.94. The number of hydrogen-bond acceptors (Lipinski definition) is 5. The minimum atomic E-state index is -0.0878. The second kappa shape index (κ2) is 9.88. The van der Waals surface area contributed by atoms with Crippen molar-refractivity contribution >= 4 is 11.4 Å². The van der Waals surface area contributed by atoms with Gasteiger partial charge >= 0.3 is 0 Å². The van der Waals surface area contributed by atoms with Gasteiger partial charge in [0, 0.05) is 26.1 Å². The average Bonchev–Trinajstić information content (AvgIpc) is 3.29. The Bertz CT molecular complexity index is 961. The summed E-state index contributed by atoms with van der Waals surface area (Å²) >= 11 is 0. The smallest absolute Gasteiger partial charge is 0.204 e. The van der Waals surface area contributed by atoms with Crippen LogP contribution in [0, 0.1) is 11.3 Å². The number of hydrogen-bond donors (Lipinski definition) is 0. The van der Waals surface area contributed by atoms with E-state index in [0.29, 0.717) is 0 Å². The van der Waals surface area contributed by atoms with Crippen molar-refractivity contribution in [2.75, 3.05) is 32.8 Å². The summed E-state index contributed by atoms with van der Waals surface area (Å²) < 4.78 is 10.8. The van der Waals surface area contributed by atoms with Crippen molar-refractivity contribution in [3.05, 3.63) is 64.6 Å². The molecular weight excluding hydrogens is 376 g/mol. The molecule has 0 atom stereocenters. The maximum absolute atomic E-state index is 12.8. The lowest BCUT2D eigenvalue weighted by Gasteiger charge is -2.26. The minimum absolute atomic E-state index is 0.0878. The molecule has 0 saturated carbocycles. The zero-order valence-corrected chi connectivity index (χ0v) is 17.4. The van der Waals surface area contributed by atoms with Crippen LogP contribution in [0.2, 0.25) is 0 Å². The molecule has 156 valence electrons. The monoisotopic (exact) mass is 404 g/mol. The van der Waals surface area contributed by atoms with E-state index in [9.17, 15) is 4.79 Å². The van der Waals surface area contributed by atoms with Crippen LogP contribution in [0.4, 0.5) is 0 Å². The maximum Gasteiger partial charge on any atom is 0.204 e. The number of benzene rings is 1. The lowest BCUT2D eigenvalue weighted by atomic mass is 9.87. The van der Waals surface area contributed by atoms with E-state index < -0.39 is 0 Å². The predicted octanol–water partition coefficient (Wildman–Crippen LogP) is 4.41. The highest BCUT2D eigenvalue weighted by molar-refractivity contribution is 5.96. The van der Waals surface area contributed by atoms with E-state index >= 15 is 0 Å². The van der Waals surface area contributed by atoms with Gasteiger partial charge in [-0.05, 0) is 66.5 Å². The Kier molecular flexibility index (Phi) is 6.78.